The van der Waals surface area contributed by atoms with Crippen LogP contribution in [0.2, 0.25) is 0 Å². The molecule has 0 aliphatic heterocycles. The molecule has 3 N–H and O–H groups in total. The molecule has 0 radical (unpaired) electrons. The third-order valence-corrected chi connectivity index (χ3v) is 2.84. The van der Waals surface area contributed by atoms with Crippen molar-refractivity contribution in [2.24, 2.45) is 0 Å². The molecular weight excluding hydrogens is 304 g/mol. The van der Waals surface area contributed by atoms with Gasteiger partial charge in [-0.3, -0.25) is 9.59 Å². The summed E-state index contributed by atoms with van der Waals surface area (Å²) in [6, 6.07) is 9.94. The van der Waals surface area contributed by atoms with Gasteiger partial charge in [-0.2, -0.15) is 0 Å². The highest BCUT2D eigenvalue weighted by atomic mass is 19.2. The maximum Gasteiger partial charge on any atom is 0.243 e. The minimum absolute atomic E-state index is 0.116. The Bertz CT molecular complexity index is 735. The fraction of sp³-hybridized carbons (Fsp3) is 0.125. The van der Waals surface area contributed by atoms with Crippen molar-refractivity contribution < 1.29 is 18.4 Å². The molecule has 120 valence electrons. The molecule has 0 aliphatic rings. The van der Waals surface area contributed by atoms with Gasteiger partial charge in [0.1, 0.15) is 0 Å². The van der Waals surface area contributed by atoms with Crippen LogP contribution in [0, 0.1) is 11.6 Å². The third-order valence-electron chi connectivity index (χ3n) is 2.84. The van der Waals surface area contributed by atoms with Crippen LogP contribution < -0.4 is 16.0 Å². The fourth-order valence-corrected chi connectivity index (χ4v) is 1.87. The molecule has 7 heteroatoms. The molecule has 2 aromatic carbocycles. The van der Waals surface area contributed by atoms with Crippen molar-refractivity contribution in [3.63, 3.8) is 0 Å². The number of amides is 2. The molecule has 23 heavy (non-hydrogen) atoms. The first-order chi connectivity index (χ1) is 10.9. The first kappa shape index (κ1) is 16.4. The van der Waals surface area contributed by atoms with Crippen molar-refractivity contribution >= 4 is 28.9 Å². The van der Waals surface area contributed by atoms with E-state index < -0.39 is 11.6 Å². The van der Waals surface area contributed by atoms with Crippen LogP contribution in [0.15, 0.2) is 42.5 Å². The number of halogens is 2. The van der Waals surface area contributed by atoms with Crippen LogP contribution in [-0.2, 0) is 9.59 Å². The second kappa shape index (κ2) is 7.35. The van der Waals surface area contributed by atoms with E-state index in [0.29, 0.717) is 17.1 Å². The quantitative estimate of drug-likeness (QED) is 0.793. The molecule has 0 unspecified atom stereocenters. The van der Waals surface area contributed by atoms with E-state index in [4.69, 9.17) is 0 Å². The number of hydrogen-bond acceptors (Lipinski definition) is 3. The Morgan fingerprint density at radius 2 is 1.61 bits per heavy atom. The number of anilines is 3. The summed E-state index contributed by atoms with van der Waals surface area (Å²) in [4.78, 5) is 22.8. The van der Waals surface area contributed by atoms with Crippen molar-refractivity contribution in [2.75, 3.05) is 22.5 Å². The van der Waals surface area contributed by atoms with Gasteiger partial charge in [0.15, 0.2) is 11.6 Å². The minimum Gasteiger partial charge on any atom is -0.376 e. The van der Waals surface area contributed by atoms with Gasteiger partial charge in [0, 0.05) is 30.1 Å². The molecule has 2 aromatic rings. The molecule has 0 heterocycles. The van der Waals surface area contributed by atoms with E-state index in [1.807, 2.05) is 0 Å². The van der Waals surface area contributed by atoms with Gasteiger partial charge in [-0.05, 0) is 30.3 Å². The lowest BCUT2D eigenvalue weighted by Crippen LogP contribution is -2.21. The van der Waals surface area contributed by atoms with Gasteiger partial charge >= 0.3 is 0 Å². The summed E-state index contributed by atoms with van der Waals surface area (Å²) in [6.07, 6.45) is 0. The molecule has 0 aliphatic carbocycles. The summed E-state index contributed by atoms with van der Waals surface area (Å²) in [6.45, 7) is 1.27. The Balaban J connectivity index is 1.91. The van der Waals surface area contributed by atoms with Crippen molar-refractivity contribution in [3.05, 3.63) is 54.1 Å². The van der Waals surface area contributed by atoms with Crippen LogP contribution in [0.3, 0.4) is 0 Å². The van der Waals surface area contributed by atoms with E-state index in [9.17, 15) is 18.4 Å². The zero-order chi connectivity index (χ0) is 16.8. The summed E-state index contributed by atoms with van der Waals surface area (Å²) in [5.41, 5.74) is 1.36. The van der Waals surface area contributed by atoms with Crippen molar-refractivity contribution in [1.29, 1.82) is 0 Å². The van der Waals surface area contributed by atoms with Crippen molar-refractivity contribution in [1.82, 2.24) is 0 Å². The molecule has 0 aromatic heterocycles. The number of rotatable bonds is 5. The SMILES string of the molecule is CC(=O)Nc1cccc(NC(=O)CNc2ccc(F)c(F)c2)c1. The second-order valence-electron chi connectivity index (χ2n) is 4.79. The van der Waals surface area contributed by atoms with Crippen LogP contribution in [-0.4, -0.2) is 18.4 Å². The second-order valence-corrected chi connectivity index (χ2v) is 4.79. The van der Waals surface area contributed by atoms with Crippen molar-refractivity contribution in [3.8, 4) is 0 Å². The maximum atomic E-state index is 13.0. The maximum absolute atomic E-state index is 13.0. The van der Waals surface area contributed by atoms with Crippen LogP contribution in [0.4, 0.5) is 25.8 Å². The highest BCUT2D eigenvalue weighted by molar-refractivity contribution is 5.95. The Morgan fingerprint density at radius 3 is 2.26 bits per heavy atom. The zero-order valence-electron chi connectivity index (χ0n) is 12.3. The van der Waals surface area contributed by atoms with Crippen LogP contribution in [0.5, 0.6) is 0 Å². The van der Waals surface area contributed by atoms with E-state index >= 15 is 0 Å². The summed E-state index contributed by atoms with van der Waals surface area (Å²) >= 11 is 0. The minimum atomic E-state index is -0.988. The number of nitrogens with one attached hydrogen (secondary N) is 3. The average Bonchev–Trinajstić information content (AvgIpc) is 2.48. The molecule has 5 nitrogen and oxygen atoms in total. The van der Waals surface area contributed by atoms with E-state index in [1.54, 1.807) is 24.3 Å². The molecule has 0 fully saturated rings. The lowest BCUT2D eigenvalue weighted by molar-refractivity contribution is -0.115. The fourth-order valence-electron chi connectivity index (χ4n) is 1.87. The molecule has 0 spiro atoms. The smallest absolute Gasteiger partial charge is 0.243 e. The Labute approximate surface area is 131 Å². The molecule has 0 saturated heterocycles. The highest BCUT2D eigenvalue weighted by Crippen LogP contribution is 2.15. The Morgan fingerprint density at radius 1 is 0.913 bits per heavy atom. The molecule has 2 amide bonds. The zero-order valence-corrected chi connectivity index (χ0v) is 12.3. The highest BCUT2D eigenvalue weighted by Gasteiger charge is 2.06. The predicted octanol–water partition coefficient (Wildman–Crippen LogP) is 2.97. The van der Waals surface area contributed by atoms with E-state index in [2.05, 4.69) is 16.0 Å². The van der Waals surface area contributed by atoms with Gasteiger partial charge in [-0.25, -0.2) is 8.78 Å². The topological polar surface area (TPSA) is 70.2 Å². The average molecular weight is 319 g/mol. The van der Waals surface area contributed by atoms with Gasteiger partial charge in [-0.15, -0.1) is 0 Å². The first-order valence-corrected chi connectivity index (χ1v) is 6.80. The summed E-state index contributed by atoms with van der Waals surface area (Å²) in [7, 11) is 0. The van der Waals surface area contributed by atoms with Gasteiger partial charge in [0.2, 0.25) is 11.8 Å². The Kier molecular flexibility index (Phi) is 5.24. The normalized spacial score (nSPS) is 10.0. The van der Waals surface area contributed by atoms with E-state index in [1.165, 1.54) is 13.0 Å². The van der Waals surface area contributed by atoms with Crippen LogP contribution >= 0.6 is 0 Å². The van der Waals surface area contributed by atoms with E-state index in [0.717, 1.165) is 12.1 Å². The lowest BCUT2D eigenvalue weighted by Gasteiger charge is -2.09. The Hall–Kier alpha value is -2.96. The monoisotopic (exact) mass is 319 g/mol. The number of hydrogen-bond donors (Lipinski definition) is 3. The van der Waals surface area contributed by atoms with Gasteiger partial charge in [0.25, 0.3) is 0 Å². The van der Waals surface area contributed by atoms with Crippen LogP contribution in [0.1, 0.15) is 6.92 Å². The largest absolute Gasteiger partial charge is 0.376 e. The van der Waals surface area contributed by atoms with Crippen LogP contribution in [0.25, 0.3) is 0 Å². The molecule has 0 saturated carbocycles. The number of carbonyl (C=O) groups is 2. The first-order valence-electron chi connectivity index (χ1n) is 6.80. The lowest BCUT2D eigenvalue weighted by atomic mass is 10.2. The summed E-state index contributed by atoms with van der Waals surface area (Å²) < 4.78 is 25.9. The molecular formula is C16H15F2N3O2. The van der Waals surface area contributed by atoms with Crippen molar-refractivity contribution in [2.45, 2.75) is 6.92 Å². The predicted molar refractivity (Wildman–Crippen MR) is 84.2 cm³/mol. The molecule has 0 atom stereocenters. The summed E-state index contributed by atoms with van der Waals surface area (Å²) in [5.74, 6) is -2.52. The van der Waals surface area contributed by atoms with Gasteiger partial charge in [0.05, 0.1) is 6.54 Å². The van der Waals surface area contributed by atoms with Gasteiger partial charge in [-0.1, -0.05) is 6.07 Å². The standard InChI is InChI=1S/C16H15F2N3O2/c1-10(22)20-12-3-2-4-13(7-12)21-16(23)9-19-11-5-6-14(17)15(18)8-11/h2-8,19H,9H2,1H3,(H,20,22)(H,21,23). The third kappa shape index (κ3) is 5.06. The number of benzene rings is 2. The number of carbonyl (C=O) groups excluding carboxylic acids is 2. The molecule has 2 rings (SSSR count). The van der Waals surface area contributed by atoms with Gasteiger partial charge < -0.3 is 16.0 Å². The molecule has 0 bridgehead atoms. The van der Waals surface area contributed by atoms with E-state index in [-0.39, 0.29) is 18.4 Å². The summed E-state index contributed by atoms with van der Waals surface area (Å²) in [5, 5.41) is 7.93.